The van der Waals surface area contributed by atoms with E-state index in [1.54, 1.807) is 6.92 Å². The molecular formula is C19H16F2N2O4. The zero-order valence-electron chi connectivity index (χ0n) is 14.5. The molecule has 3 aromatic rings. The second kappa shape index (κ2) is 7.45. The molecule has 0 fully saturated rings. The van der Waals surface area contributed by atoms with Crippen LogP contribution in [0.15, 0.2) is 46.9 Å². The van der Waals surface area contributed by atoms with Crippen molar-refractivity contribution < 1.29 is 27.5 Å². The lowest BCUT2D eigenvalue weighted by molar-refractivity contribution is -0.128. The number of rotatable bonds is 4. The Labute approximate surface area is 153 Å². The third-order valence-electron chi connectivity index (χ3n) is 3.90. The van der Waals surface area contributed by atoms with Crippen molar-refractivity contribution in [1.82, 2.24) is 10.9 Å². The zero-order chi connectivity index (χ0) is 19.6. The van der Waals surface area contributed by atoms with E-state index in [4.69, 9.17) is 9.15 Å². The molecule has 140 valence electrons. The second-order valence-electron chi connectivity index (χ2n) is 5.85. The van der Waals surface area contributed by atoms with E-state index in [0.29, 0.717) is 22.3 Å². The first-order chi connectivity index (χ1) is 12.8. The van der Waals surface area contributed by atoms with Gasteiger partial charge in [0.05, 0.1) is 0 Å². The van der Waals surface area contributed by atoms with Crippen LogP contribution in [0, 0.1) is 18.6 Å². The lowest BCUT2D eigenvalue weighted by Gasteiger charge is -2.14. The Morgan fingerprint density at radius 1 is 1.04 bits per heavy atom. The van der Waals surface area contributed by atoms with Gasteiger partial charge in [0, 0.05) is 10.9 Å². The summed E-state index contributed by atoms with van der Waals surface area (Å²) in [5.74, 6) is -1.91. The maximum Gasteiger partial charge on any atom is 0.305 e. The van der Waals surface area contributed by atoms with Crippen LogP contribution >= 0.6 is 0 Å². The van der Waals surface area contributed by atoms with Gasteiger partial charge in [-0.25, -0.2) is 8.78 Å². The van der Waals surface area contributed by atoms with Crippen molar-refractivity contribution in [3.63, 3.8) is 0 Å². The molecule has 1 heterocycles. The molecule has 2 aromatic carbocycles. The molecule has 0 aliphatic rings. The van der Waals surface area contributed by atoms with E-state index in [0.717, 1.165) is 0 Å². The third kappa shape index (κ3) is 4.05. The lowest BCUT2D eigenvalue weighted by Crippen LogP contribution is -2.47. The van der Waals surface area contributed by atoms with Gasteiger partial charge in [0.1, 0.15) is 23.0 Å². The largest absolute Gasteiger partial charge is 0.481 e. The van der Waals surface area contributed by atoms with Gasteiger partial charge in [0.15, 0.2) is 11.9 Å². The number of hydrogen-bond acceptors (Lipinski definition) is 4. The smallest absolute Gasteiger partial charge is 0.305 e. The fourth-order valence-corrected chi connectivity index (χ4v) is 2.46. The molecule has 6 nitrogen and oxygen atoms in total. The molecular weight excluding hydrogens is 358 g/mol. The van der Waals surface area contributed by atoms with Gasteiger partial charge < -0.3 is 9.15 Å². The lowest BCUT2D eigenvalue weighted by atomic mass is 10.1. The van der Waals surface area contributed by atoms with E-state index in [1.165, 1.54) is 49.4 Å². The highest BCUT2D eigenvalue weighted by atomic mass is 19.1. The van der Waals surface area contributed by atoms with Crippen molar-refractivity contribution in [1.29, 1.82) is 0 Å². The molecule has 27 heavy (non-hydrogen) atoms. The number of furan rings is 1. The van der Waals surface area contributed by atoms with Gasteiger partial charge in [0.2, 0.25) is 0 Å². The highest BCUT2D eigenvalue weighted by molar-refractivity contribution is 5.99. The molecule has 0 aliphatic heterocycles. The minimum atomic E-state index is -0.943. The SMILES string of the molecule is Cc1c(C(=O)NNC(=O)[C@H](C)Oc2ccc(F)cc2)oc2ccc(F)cc12. The van der Waals surface area contributed by atoms with Crippen molar-refractivity contribution in [2.24, 2.45) is 0 Å². The first-order valence-electron chi connectivity index (χ1n) is 8.06. The Hall–Kier alpha value is -3.42. The van der Waals surface area contributed by atoms with Crippen molar-refractivity contribution in [3.05, 3.63) is 65.4 Å². The van der Waals surface area contributed by atoms with Gasteiger partial charge in [-0.3, -0.25) is 20.4 Å². The highest BCUT2D eigenvalue weighted by Crippen LogP contribution is 2.25. The quantitative estimate of drug-likeness (QED) is 0.687. The van der Waals surface area contributed by atoms with E-state index >= 15 is 0 Å². The molecule has 0 saturated heterocycles. The predicted molar refractivity (Wildman–Crippen MR) is 93.0 cm³/mol. The summed E-state index contributed by atoms with van der Waals surface area (Å²) >= 11 is 0. The topological polar surface area (TPSA) is 80.6 Å². The van der Waals surface area contributed by atoms with Gasteiger partial charge in [-0.05, 0) is 56.3 Å². The van der Waals surface area contributed by atoms with Crippen LogP contribution in [0.5, 0.6) is 5.75 Å². The third-order valence-corrected chi connectivity index (χ3v) is 3.90. The van der Waals surface area contributed by atoms with Crippen LogP contribution in [0.2, 0.25) is 0 Å². The van der Waals surface area contributed by atoms with Gasteiger partial charge in [0.25, 0.3) is 5.91 Å². The van der Waals surface area contributed by atoms with Gasteiger partial charge >= 0.3 is 5.91 Å². The average molecular weight is 374 g/mol. The van der Waals surface area contributed by atoms with Crippen LogP contribution in [0.1, 0.15) is 23.0 Å². The number of halogens is 2. The summed E-state index contributed by atoms with van der Waals surface area (Å²) in [6, 6.07) is 9.09. The number of hydrogen-bond donors (Lipinski definition) is 2. The Kier molecular flexibility index (Phi) is 5.07. The maximum atomic E-state index is 13.3. The van der Waals surface area contributed by atoms with Crippen LogP contribution in [0.3, 0.4) is 0 Å². The normalized spacial score (nSPS) is 11.9. The summed E-state index contributed by atoms with van der Waals surface area (Å²) in [5.41, 5.74) is 5.26. The number of nitrogens with one attached hydrogen (secondary N) is 2. The molecule has 0 saturated carbocycles. The first-order valence-corrected chi connectivity index (χ1v) is 8.06. The number of hydrazine groups is 1. The molecule has 2 amide bonds. The Balaban J connectivity index is 1.62. The van der Waals surface area contributed by atoms with Crippen molar-refractivity contribution in [2.45, 2.75) is 20.0 Å². The van der Waals surface area contributed by atoms with Crippen LogP contribution in [-0.2, 0) is 4.79 Å². The molecule has 0 unspecified atom stereocenters. The van der Waals surface area contributed by atoms with Gasteiger partial charge in [-0.15, -0.1) is 0 Å². The molecule has 1 atom stereocenters. The number of amides is 2. The minimum Gasteiger partial charge on any atom is -0.481 e. The predicted octanol–water partition coefficient (Wildman–Crippen LogP) is 3.25. The van der Waals surface area contributed by atoms with Crippen molar-refractivity contribution in [2.75, 3.05) is 0 Å². The molecule has 0 aliphatic carbocycles. The number of carbonyl (C=O) groups excluding carboxylic acids is 2. The van der Waals surface area contributed by atoms with Crippen molar-refractivity contribution in [3.8, 4) is 5.75 Å². The summed E-state index contributed by atoms with van der Waals surface area (Å²) in [4.78, 5) is 24.3. The molecule has 1 aromatic heterocycles. The number of aryl methyl sites for hydroxylation is 1. The number of ether oxygens (including phenoxy) is 1. The Morgan fingerprint density at radius 2 is 1.70 bits per heavy atom. The van der Waals surface area contributed by atoms with Gasteiger partial charge in [-0.2, -0.15) is 0 Å². The fourth-order valence-electron chi connectivity index (χ4n) is 2.46. The van der Waals surface area contributed by atoms with E-state index < -0.39 is 29.6 Å². The van der Waals surface area contributed by atoms with Crippen LogP contribution in [0.4, 0.5) is 8.78 Å². The van der Waals surface area contributed by atoms with Crippen molar-refractivity contribution >= 4 is 22.8 Å². The van der Waals surface area contributed by atoms with Crippen LogP contribution in [0.25, 0.3) is 11.0 Å². The van der Waals surface area contributed by atoms with Gasteiger partial charge in [-0.1, -0.05) is 0 Å². The zero-order valence-corrected chi connectivity index (χ0v) is 14.5. The summed E-state index contributed by atoms with van der Waals surface area (Å²) in [6.07, 6.45) is -0.943. The average Bonchev–Trinajstić information content (AvgIpc) is 2.97. The number of benzene rings is 2. The minimum absolute atomic E-state index is 0.0389. The van der Waals surface area contributed by atoms with E-state index in [-0.39, 0.29) is 5.76 Å². The summed E-state index contributed by atoms with van der Waals surface area (Å²) < 4.78 is 37.0. The molecule has 0 radical (unpaired) electrons. The molecule has 0 spiro atoms. The van der Waals surface area contributed by atoms with Crippen LogP contribution in [-0.4, -0.2) is 17.9 Å². The summed E-state index contributed by atoms with van der Waals surface area (Å²) in [6.45, 7) is 3.09. The standard InChI is InChI=1S/C19H16F2N2O4/c1-10-15-9-13(21)5-8-16(15)27-17(10)19(25)23-22-18(24)11(2)26-14-6-3-12(20)4-7-14/h3-9,11H,1-2H3,(H,22,24)(H,23,25)/t11-/m0/s1. The monoisotopic (exact) mass is 374 g/mol. The highest BCUT2D eigenvalue weighted by Gasteiger charge is 2.20. The fraction of sp³-hybridized carbons (Fsp3) is 0.158. The molecule has 2 N–H and O–H groups in total. The maximum absolute atomic E-state index is 13.3. The molecule has 8 heteroatoms. The number of fused-ring (bicyclic) bond motifs is 1. The molecule has 0 bridgehead atoms. The Bertz CT molecular complexity index is 999. The number of carbonyl (C=O) groups is 2. The first kappa shape index (κ1) is 18.4. The van der Waals surface area contributed by atoms with E-state index in [2.05, 4.69) is 10.9 Å². The van der Waals surface area contributed by atoms with E-state index in [9.17, 15) is 18.4 Å². The Morgan fingerprint density at radius 3 is 2.41 bits per heavy atom. The summed E-state index contributed by atoms with van der Waals surface area (Å²) in [7, 11) is 0. The second-order valence-corrected chi connectivity index (χ2v) is 5.85. The van der Waals surface area contributed by atoms with Crippen LogP contribution < -0.4 is 15.6 Å². The van der Waals surface area contributed by atoms with E-state index in [1.807, 2.05) is 0 Å². The summed E-state index contributed by atoms with van der Waals surface area (Å²) in [5, 5.41) is 0.472. The molecule has 3 rings (SSSR count).